The second-order valence-corrected chi connectivity index (χ2v) is 5.53. The summed E-state index contributed by atoms with van der Waals surface area (Å²) in [6.45, 7) is 1.86. The molecule has 0 aliphatic carbocycles. The first-order chi connectivity index (χ1) is 12.5. The molecular formula is C19H21N3O4. The fourth-order valence-corrected chi connectivity index (χ4v) is 2.43. The Labute approximate surface area is 152 Å². The van der Waals surface area contributed by atoms with Crippen molar-refractivity contribution in [2.45, 2.75) is 19.9 Å². The van der Waals surface area contributed by atoms with Crippen LogP contribution in [0.25, 0.3) is 0 Å². The highest BCUT2D eigenvalue weighted by molar-refractivity contribution is 6.02. The van der Waals surface area contributed by atoms with Gasteiger partial charge in [-0.2, -0.15) is 0 Å². The maximum absolute atomic E-state index is 12.1. The Balaban J connectivity index is 2.02. The van der Waals surface area contributed by atoms with E-state index in [9.17, 15) is 14.4 Å². The van der Waals surface area contributed by atoms with E-state index in [2.05, 4.69) is 10.3 Å². The molecule has 0 radical (unpaired) electrons. The minimum atomic E-state index is -0.536. The topological polar surface area (TPSA) is 88.6 Å². The number of hydrogen-bond donors (Lipinski definition) is 1. The van der Waals surface area contributed by atoms with Gasteiger partial charge >= 0.3 is 5.97 Å². The standard InChI is InChI=1S/C19H21N3O4/c1-14(23)22(17-9-4-3-8-16(17)19(25)26-2)12-10-18(24)21-13-15-7-5-6-11-20-15/h3-9,11H,10,12-13H2,1-2H3,(H,21,24). The van der Waals surface area contributed by atoms with Crippen LogP contribution in [-0.2, 0) is 20.9 Å². The van der Waals surface area contributed by atoms with E-state index in [4.69, 9.17) is 4.74 Å². The Kier molecular flexibility index (Phi) is 6.84. The minimum absolute atomic E-state index is 0.0991. The van der Waals surface area contributed by atoms with Crippen LogP contribution in [-0.4, -0.2) is 36.4 Å². The van der Waals surface area contributed by atoms with Crippen LogP contribution in [0.2, 0.25) is 0 Å². The first kappa shape index (κ1) is 19.1. The highest BCUT2D eigenvalue weighted by atomic mass is 16.5. The minimum Gasteiger partial charge on any atom is -0.465 e. The number of carbonyl (C=O) groups is 3. The molecule has 0 unspecified atom stereocenters. The number of esters is 1. The molecule has 0 saturated heterocycles. The quantitative estimate of drug-likeness (QED) is 0.767. The Bertz CT molecular complexity index is 777. The third-order valence-electron chi connectivity index (χ3n) is 3.74. The number of methoxy groups -OCH3 is 1. The number of benzene rings is 1. The zero-order valence-electron chi connectivity index (χ0n) is 14.8. The molecular weight excluding hydrogens is 334 g/mol. The summed E-state index contributed by atoms with van der Waals surface area (Å²) in [6, 6.07) is 12.1. The number of carbonyl (C=O) groups excluding carboxylic acids is 3. The molecule has 0 fully saturated rings. The van der Waals surface area contributed by atoms with Crippen LogP contribution in [0.4, 0.5) is 5.69 Å². The van der Waals surface area contributed by atoms with Crippen LogP contribution in [0.5, 0.6) is 0 Å². The highest BCUT2D eigenvalue weighted by Gasteiger charge is 2.20. The van der Waals surface area contributed by atoms with Gasteiger partial charge in [0.05, 0.1) is 30.6 Å². The van der Waals surface area contributed by atoms with E-state index < -0.39 is 5.97 Å². The zero-order chi connectivity index (χ0) is 18.9. The van der Waals surface area contributed by atoms with Crippen molar-refractivity contribution in [1.29, 1.82) is 0 Å². The maximum atomic E-state index is 12.1. The number of ether oxygens (including phenoxy) is 1. The van der Waals surface area contributed by atoms with Crippen molar-refractivity contribution in [3.63, 3.8) is 0 Å². The van der Waals surface area contributed by atoms with Crippen LogP contribution < -0.4 is 10.2 Å². The summed E-state index contributed by atoms with van der Waals surface area (Å²) in [5, 5.41) is 2.76. The maximum Gasteiger partial charge on any atom is 0.339 e. The third-order valence-corrected chi connectivity index (χ3v) is 3.74. The van der Waals surface area contributed by atoms with Crippen LogP contribution in [0.1, 0.15) is 29.4 Å². The van der Waals surface area contributed by atoms with Crippen molar-refractivity contribution in [2.75, 3.05) is 18.6 Å². The molecule has 26 heavy (non-hydrogen) atoms. The van der Waals surface area contributed by atoms with Crippen molar-refractivity contribution in [3.8, 4) is 0 Å². The van der Waals surface area contributed by atoms with E-state index >= 15 is 0 Å². The Morgan fingerprint density at radius 3 is 2.50 bits per heavy atom. The largest absolute Gasteiger partial charge is 0.465 e. The van der Waals surface area contributed by atoms with Gasteiger partial charge in [0.25, 0.3) is 0 Å². The van der Waals surface area contributed by atoms with E-state index in [-0.39, 0.29) is 30.3 Å². The summed E-state index contributed by atoms with van der Waals surface area (Å²) in [6.07, 6.45) is 1.75. The van der Waals surface area contributed by atoms with Gasteiger partial charge in [0, 0.05) is 26.1 Å². The molecule has 0 atom stereocenters. The summed E-state index contributed by atoms with van der Waals surface area (Å²) < 4.78 is 4.76. The molecule has 0 aliphatic rings. The number of nitrogens with zero attached hydrogens (tertiary/aromatic N) is 2. The van der Waals surface area contributed by atoms with Gasteiger partial charge in [-0.1, -0.05) is 18.2 Å². The fraction of sp³-hybridized carbons (Fsp3) is 0.263. The summed E-state index contributed by atoms with van der Waals surface area (Å²) in [7, 11) is 1.28. The monoisotopic (exact) mass is 355 g/mol. The van der Waals surface area contributed by atoms with Crippen molar-refractivity contribution >= 4 is 23.5 Å². The van der Waals surface area contributed by atoms with Gasteiger partial charge in [-0.15, -0.1) is 0 Å². The lowest BCUT2D eigenvalue weighted by Crippen LogP contribution is -2.34. The molecule has 2 amide bonds. The summed E-state index contributed by atoms with van der Waals surface area (Å²) in [4.78, 5) is 41.6. The predicted molar refractivity (Wildman–Crippen MR) is 96.5 cm³/mol. The Morgan fingerprint density at radius 1 is 1.12 bits per heavy atom. The molecule has 1 aromatic heterocycles. The van der Waals surface area contributed by atoms with Crippen molar-refractivity contribution in [1.82, 2.24) is 10.3 Å². The van der Waals surface area contributed by atoms with Crippen LogP contribution >= 0.6 is 0 Å². The van der Waals surface area contributed by atoms with Crippen molar-refractivity contribution in [2.24, 2.45) is 0 Å². The average Bonchev–Trinajstić information content (AvgIpc) is 2.67. The second-order valence-electron chi connectivity index (χ2n) is 5.53. The number of pyridine rings is 1. The SMILES string of the molecule is COC(=O)c1ccccc1N(CCC(=O)NCc1ccccn1)C(C)=O. The van der Waals surface area contributed by atoms with Gasteiger partial charge < -0.3 is 15.0 Å². The lowest BCUT2D eigenvalue weighted by molar-refractivity contribution is -0.121. The molecule has 0 spiro atoms. The Hall–Kier alpha value is -3.22. The fourth-order valence-electron chi connectivity index (χ4n) is 2.43. The second kappa shape index (κ2) is 9.31. The average molecular weight is 355 g/mol. The predicted octanol–water partition coefficient (Wildman–Crippen LogP) is 1.93. The van der Waals surface area contributed by atoms with Gasteiger partial charge in [-0.3, -0.25) is 14.6 Å². The molecule has 7 nitrogen and oxygen atoms in total. The van der Waals surface area contributed by atoms with E-state index in [1.54, 1.807) is 36.5 Å². The number of aromatic nitrogens is 1. The molecule has 0 aliphatic heterocycles. The highest BCUT2D eigenvalue weighted by Crippen LogP contribution is 2.21. The van der Waals surface area contributed by atoms with E-state index in [1.807, 2.05) is 12.1 Å². The lowest BCUT2D eigenvalue weighted by Gasteiger charge is -2.23. The van der Waals surface area contributed by atoms with Gasteiger partial charge in [0.2, 0.25) is 11.8 Å². The van der Waals surface area contributed by atoms with Crippen molar-refractivity contribution in [3.05, 3.63) is 59.9 Å². The molecule has 1 aromatic carbocycles. The number of para-hydroxylation sites is 1. The summed E-state index contributed by atoms with van der Waals surface area (Å²) in [5.74, 6) is -1.01. The normalized spacial score (nSPS) is 10.1. The molecule has 1 N–H and O–H groups in total. The first-order valence-corrected chi connectivity index (χ1v) is 8.15. The number of anilines is 1. The lowest BCUT2D eigenvalue weighted by atomic mass is 10.1. The van der Waals surface area contributed by atoms with Gasteiger partial charge in [0.1, 0.15) is 0 Å². The molecule has 0 bridgehead atoms. The third kappa shape index (κ3) is 5.14. The number of nitrogens with one attached hydrogen (secondary N) is 1. The molecule has 2 aromatic rings. The first-order valence-electron chi connectivity index (χ1n) is 8.15. The molecule has 2 rings (SSSR count). The molecule has 136 valence electrons. The van der Waals surface area contributed by atoms with Gasteiger partial charge in [-0.05, 0) is 24.3 Å². The molecule has 0 saturated carbocycles. The summed E-state index contributed by atoms with van der Waals surface area (Å²) >= 11 is 0. The smallest absolute Gasteiger partial charge is 0.339 e. The van der Waals surface area contributed by atoms with Gasteiger partial charge in [0.15, 0.2) is 0 Å². The molecule has 1 heterocycles. The number of rotatable bonds is 7. The van der Waals surface area contributed by atoms with E-state index in [1.165, 1.54) is 18.9 Å². The van der Waals surface area contributed by atoms with Crippen LogP contribution in [0.15, 0.2) is 48.7 Å². The zero-order valence-corrected chi connectivity index (χ0v) is 14.8. The van der Waals surface area contributed by atoms with E-state index in [0.717, 1.165) is 5.69 Å². The van der Waals surface area contributed by atoms with Crippen molar-refractivity contribution < 1.29 is 19.1 Å². The Morgan fingerprint density at radius 2 is 1.85 bits per heavy atom. The summed E-state index contributed by atoms with van der Waals surface area (Å²) in [5.41, 5.74) is 1.45. The number of amides is 2. The van der Waals surface area contributed by atoms with Crippen LogP contribution in [0, 0.1) is 0 Å². The van der Waals surface area contributed by atoms with Gasteiger partial charge in [-0.25, -0.2) is 4.79 Å². The number of hydrogen-bond acceptors (Lipinski definition) is 5. The van der Waals surface area contributed by atoms with E-state index in [0.29, 0.717) is 12.2 Å². The molecule has 7 heteroatoms. The van der Waals surface area contributed by atoms with Crippen LogP contribution in [0.3, 0.4) is 0 Å².